The molecule has 2 rings (SSSR count). The topological polar surface area (TPSA) is 44.4 Å². The predicted octanol–water partition coefficient (Wildman–Crippen LogP) is 1.37. The Hall–Kier alpha value is -0.610. The number of nitrogens with one attached hydrogen (secondary N) is 2. The number of amides is 1. The van der Waals surface area contributed by atoms with Gasteiger partial charge in [-0.2, -0.15) is 0 Å². The summed E-state index contributed by atoms with van der Waals surface area (Å²) in [5, 5.41) is 6.49. The summed E-state index contributed by atoms with van der Waals surface area (Å²) in [6.07, 6.45) is 7.50. The number of carbonyl (C=O) groups is 1. The summed E-state index contributed by atoms with van der Waals surface area (Å²) in [6.45, 7) is 7.32. The Kier molecular flexibility index (Phi) is 6.11. The van der Waals surface area contributed by atoms with E-state index in [9.17, 15) is 4.79 Å². The van der Waals surface area contributed by atoms with Crippen molar-refractivity contribution >= 4 is 5.91 Å². The normalized spacial score (nSPS) is 26.9. The summed E-state index contributed by atoms with van der Waals surface area (Å²) in [7, 11) is 0. The van der Waals surface area contributed by atoms with Crippen LogP contribution in [0.25, 0.3) is 0 Å². The van der Waals surface area contributed by atoms with Crippen molar-refractivity contribution in [2.45, 2.75) is 51.5 Å². The Labute approximate surface area is 117 Å². The van der Waals surface area contributed by atoms with Gasteiger partial charge in [0.15, 0.2) is 0 Å². The SMILES string of the molecule is CC(C(=O)NCCC1CCNC1)N1CCCCCC1. The number of hydrogen-bond donors (Lipinski definition) is 2. The largest absolute Gasteiger partial charge is 0.355 e. The lowest BCUT2D eigenvalue weighted by molar-refractivity contribution is -0.125. The van der Waals surface area contributed by atoms with Crippen LogP contribution in [-0.2, 0) is 4.79 Å². The molecule has 2 atom stereocenters. The average molecular weight is 267 g/mol. The van der Waals surface area contributed by atoms with Crippen LogP contribution in [0.2, 0.25) is 0 Å². The highest BCUT2D eigenvalue weighted by Crippen LogP contribution is 2.13. The molecule has 0 radical (unpaired) electrons. The van der Waals surface area contributed by atoms with Crippen LogP contribution < -0.4 is 10.6 Å². The van der Waals surface area contributed by atoms with Crippen molar-refractivity contribution < 1.29 is 4.79 Å². The first-order valence-electron chi connectivity index (χ1n) is 8.00. The van der Waals surface area contributed by atoms with Crippen molar-refractivity contribution in [3.63, 3.8) is 0 Å². The fourth-order valence-corrected chi connectivity index (χ4v) is 3.16. The summed E-state index contributed by atoms with van der Waals surface area (Å²) in [5.74, 6) is 0.974. The Morgan fingerprint density at radius 3 is 2.68 bits per heavy atom. The summed E-state index contributed by atoms with van der Waals surface area (Å²) in [6, 6.07) is 0.0415. The van der Waals surface area contributed by atoms with Gasteiger partial charge in [-0.3, -0.25) is 9.69 Å². The van der Waals surface area contributed by atoms with Crippen LogP contribution in [0.3, 0.4) is 0 Å². The van der Waals surface area contributed by atoms with Crippen molar-refractivity contribution in [2.24, 2.45) is 5.92 Å². The van der Waals surface area contributed by atoms with Gasteiger partial charge in [0.05, 0.1) is 6.04 Å². The van der Waals surface area contributed by atoms with Crippen molar-refractivity contribution in [3.8, 4) is 0 Å². The predicted molar refractivity (Wildman–Crippen MR) is 78.1 cm³/mol. The number of likely N-dealkylation sites (tertiary alicyclic amines) is 1. The first kappa shape index (κ1) is 14.8. The second kappa shape index (κ2) is 7.85. The molecule has 0 bridgehead atoms. The molecule has 4 heteroatoms. The van der Waals surface area contributed by atoms with Crippen LogP contribution in [0.5, 0.6) is 0 Å². The highest BCUT2D eigenvalue weighted by atomic mass is 16.2. The van der Waals surface area contributed by atoms with Crippen molar-refractivity contribution in [1.82, 2.24) is 15.5 Å². The zero-order chi connectivity index (χ0) is 13.5. The minimum Gasteiger partial charge on any atom is -0.355 e. The Morgan fingerprint density at radius 1 is 1.32 bits per heavy atom. The molecule has 0 aromatic heterocycles. The fourth-order valence-electron chi connectivity index (χ4n) is 3.16. The Morgan fingerprint density at radius 2 is 2.05 bits per heavy atom. The quantitative estimate of drug-likeness (QED) is 0.791. The summed E-state index contributed by atoms with van der Waals surface area (Å²) in [4.78, 5) is 14.5. The third kappa shape index (κ3) is 4.77. The number of hydrogen-bond acceptors (Lipinski definition) is 3. The molecule has 110 valence electrons. The van der Waals surface area contributed by atoms with Gasteiger partial charge in [-0.25, -0.2) is 0 Å². The number of rotatable bonds is 5. The van der Waals surface area contributed by atoms with Gasteiger partial charge in [0.1, 0.15) is 0 Å². The molecule has 2 saturated heterocycles. The molecule has 0 saturated carbocycles. The first-order chi connectivity index (χ1) is 9.27. The second-order valence-corrected chi connectivity index (χ2v) is 6.06. The van der Waals surface area contributed by atoms with E-state index in [1.165, 1.54) is 32.1 Å². The van der Waals surface area contributed by atoms with E-state index >= 15 is 0 Å². The van der Waals surface area contributed by atoms with E-state index in [1.807, 2.05) is 0 Å². The van der Waals surface area contributed by atoms with E-state index in [4.69, 9.17) is 0 Å². The van der Waals surface area contributed by atoms with Gasteiger partial charge in [-0.05, 0) is 64.7 Å². The summed E-state index contributed by atoms with van der Waals surface area (Å²) >= 11 is 0. The van der Waals surface area contributed by atoms with Gasteiger partial charge in [-0.1, -0.05) is 12.8 Å². The van der Waals surface area contributed by atoms with E-state index in [-0.39, 0.29) is 11.9 Å². The highest BCUT2D eigenvalue weighted by Gasteiger charge is 2.22. The van der Waals surface area contributed by atoms with E-state index in [0.29, 0.717) is 0 Å². The maximum absolute atomic E-state index is 12.2. The smallest absolute Gasteiger partial charge is 0.237 e. The van der Waals surface area contributed by atoms with Gasteiger partial charge < -0.3 is 10.6 Å². The molecule has 1 amide bonds. The number of nitrogens with zero attached hydrogens (tertiary/aromatic N) is 1. The number of carbonyl (C=O) groups excluding carboxylic acids is 1. The lowest BCUT2D eigenvalue weighted by Crippen LogP contribution is -2.45. The summed E-state index contributed by atoms with van der Waals surface area (Å²) < 4.78 is 0. The molecule has 2 unspecified atom stereocenters. The zero-order valence-electron chi connectivity index (χ0n) is 12.3. The van der Waals surface area contributed by atoms with Gasteiger partial charge in [0.2, 0.25) is 5.91 Å². The second-order valence-electron chi connectivity index (χ2n) is 6.06. The van der Waals surface area contributed by atoms with E-state index in [1.54, 1.807) is 0 Å². The van der Waals surface area contributed by atoms with Crippen LogP contribution in [0.1, 0.15) is 45.4 Å². The molecular formula is C15H29N3O. The Balaban J connectivity index is 1.65. The van der Waals surface area contributed by atoms with Crippen molar-refractivity contribution in [1.29, 1.82) is 0 Å². The van der Waals surface area contributed by atoms with E-state index in [0.717, 1.165) is 45.1 Å². The first-order valence-corrected chi connectivity index (χ1v) is 8.00. The Bertz CT molecular complexity index is 269. The van der Waals surface area contributed by atoms with Crippen LogP contribution in [-0.4, -0.2) is 49.6 Å². The molecule has 2 aliphatic heterocycles. The fraction of sp³-hybridized carbons (Fsp3) is 0.933. The average Bonchev–Trinajstić information content (AvgIpc) is 2.78. The monoisotopic (exact) mass is 267 g/mol. The molecule has 4 nitrogen and oxygen atoms in total. The van der Waals surface area contributed by atoms with Crippen LogP contribution >= 0.6 is 0 Å². The molecular weight excluding hydrogens is 238 g/mol. The van der Waals surface area contributed by atoms with Crippen LogP contribution in [0, 0.1) is 5.92 Å². The molecule has 0 aliphatic carbocycles. The minimum atomic E-state index is 0.0415. The van der Waals surface area contributed by atoms with Gasteiger partial charge in [0, 0.05) is 6.54 Å². The lowest BCUT2D eigenvalue weighted by atomic mass is 10.1. The standard InChI is InChI=1S/C15H29N3O/c1-13(18-10-4-2-3-5-11-18)15(19)17-9-7-14-6-8-16-12-14/h13-14,16H,2-12H2,1H3,(H,17,19). The molecule has 0 aromatic carbocycles. The molecule has 2 fully saturated rings. The van der Waals surface area contributed by atoms with Gasteiger partial charge in [-0.15, -0.1) is 0 Å². The molecule has 2 aliphatic rings. The molecule has 2 N–H and O–H groups in total. The maximum Gasteiger partial charge on any atom is 0.237 e. The highest BCUT2D eigenvalue weighted by molar-refractivity contribution is 5.81. The molecule has 19 heavy (non-hydrogen) atoms. The third-order valence-electron chi connectivity index (χ3n) is 4.58. The van der Waals surface area contributed by atoms with Crippen LogP contribution in [0.4, 0.5) is 0 Å². The van der Waals surface area contributed by atoms with Crippen molar-refractivity contribution in [2.75, 3.05) is 32.7 Å². The third-order valence-corrected chi connectivity index (χ3v) is 4.58. The van der Waals surface area contributed by atoms with E-state index < -0.39 is 0 Å². The molecule has 0 spiro atoms. The van der Waals surface area contributed by atoms with E-state index in [2.05, 4.69) is 22.5 Å². The minimum absolute atomic E-state index is 0.0415. The van der Waals surface area contributed by atoms with Crippen molar-refractivity contribution in [3.05, 3.63) is 0 Å². The molecule has 0 aromatic rings. The van der Waals surface area contributed by atoms with Gasteiger partial charge in [0.25, 0.3) is 0 Å². The maximum atomic E-state index is 12.2. The van der Waals surface area contributed by atoms with Gasteiger partial charge >= 0.3 is 0 Å². The van der Waals surface area contributed by atoms with Crippen LogP contribution in [0.15, 0.2) is 0 Å². The lowest BCUT2D eigenvalue weighted by Gasteiger charge is -2.26. The molecule has 2 heterocycles. The summed E-state index contributed by atoms with van der Waals surface area (Å²) in [5.41, 5.74) is 0. The zero-order valence-corrected chi connectivity index (χ0v) is 12.3.